The quantitative estimate of drug-likeness (QED) is 0.861. The number of methoxy groups -OCH3 is 1. The number of anilines is 1. The van der Waals surface area contributed by atoms with Gasteiger partial charge < -0.3 is 9.84 Å². The second-order valence-electron chi connectivity index (χ2n) is 3.39. The van der Waals surface area contributed by atoms with Crippen LogP contribution >= 0.6 is 22.6 Å². The van der Waals surface area contributed by atoms with E-state index < -0.39 is 6.09 Å². The molecule has 0 heterocycles. The Hall–Kier alpha value is -0.820. The molecule has 88 valence electrons. The first-order chi connectivity index (χ1) is 7.56. The van der Waals surface area contributed by atoms with Crippen LogP contribution in [0.25, 0.3) is 0 Å². The van der Waals surface area contributed by atoms with Crippen molar-refractivity contribution in [3.8, 4) is 0 Å². The fraction of sp³-hybridized carbons (Fsp3) is 0.364. The molecule has 0 unspecified atom stereocenters. The van der Waals surface area contributed by atoms with Gasteiger partial charge >= 0.3 is 6.09 Å². The molecule has 1 atom stereocenters. The van der Waals surface area contributed by atoms with Crippen molar-refractivity contribution < 1.29 is 14.6 Å². The molecule has 0 bridgehead atoms. The van der Waals surface area contributed by atoms with Gasteiger partial charge in [-0.15, -0.1) is 0 Å². The second-order valence-corrected chi connectivity index (χ2v) is 4.55. The first kappa shape index (κ1) is 13.2. The van der Waals surface area contributed by atoms with Crippen molar-refractivity contribution in [1.82, 2.24) is 0 Å². The third kappa shape index (κ3) is 3.34. The summed E-state index contributed by atoms with van der Waals surface area (Å²) in [5, 5.41) is 9.16. The van der Waals surface area contributed by atoms with Gasteiger partial charge in [-0.2, -0.15) is 0 Å². The summed E-state index contributed by atoms with van der Waals surface area (Å²) in [6, 6.07) is 7.37. The molecule has 0 aliphatic carbocycles. The van der Waals surface area contributed by atoms with Crippen molar-refractivity contribution in [1.29, 1.82) is 0 Å². The van der Waals surface area contributed by atoms with Crippen LogP contribution in [0.3, 0.4) is 0 Å². The maximum absolute atomic E-state index is 11.2. The second kappa shape index (κ2) is 6.05. The number of para-hydroxylation sites is 1. The highest BCUT2D eigenvalue weighted by Crippen LogP contribution is 2.22. The van der Waals surface area contributed by atoms with Gasteiger partial charge in [-0.3, -0.25) is 4.90 Å². The molecule has 5 heteroatoms. The molecule has 0 aromatic heterocycles. The Bertz CT molecular complexity index is 370. The molecule has 0 aliphatic rings. The highest BCUT2D eigenvalue weighted by molar-refractivity contribution is 14.1. The van der Waals surface area contributed by atoms with Gasteiger partial charge in [0.25, 0.3) is 0 Å². The molecule has 4 nitrogen and oxygen atoms in total. The number of hydrogen-bond acceptors (Lipinski definition) is 2. The van der Waals surface area contributed by atoms with Gasteiger partial charge in [0.05, 0.1) is 18.3 Å². The summed E-state index contributed by atoms with van der Waals surface area (Å²) in [5.41, 5.74) is 0.694. The predicted octanol–water partition coefficient (Wildman–Crippen LogP) is 2.81. The van der Waals surface area contributed by atoms with E-state index in [1.54, 1.807) is 13.2 Å². The van der Waals surface area contributed by atoms with E-state index in [1.165, 1.54) is 4.90 Å². The zero-order valence-electron chi connectivity index (χ0n) is 9.18. The van der Waals surface area contributed by atoms with E-state index in [1.807, 2.05) is 25.1 Å². The summed E-state index contributed by atoms with van der Waals surface area (Å²) in [7, 11) is 1.57. The molecule has 1 aromatic rings. The lowest BCUT2D eigenvalue weighted by Crippen LogP contribution is -2.36. The molecule has 1 rings (SSSR count). The third-order valence-corrected chi connectivity index (χ3v) is 3.13. The lowest BCUT2D eigenvalue weighted by atomic mass is 10.2. The fourth-order valence-corrected chi connectivity index (χ4v) is 1.96. The monoisotopic (exact) mass is 335 g/mol. The van der Waals surface area contributed by atoms with E-state index in [9.17, 15) is 4.79 Å². The fourth-order valence-electron chi connectivity index (χ4n) is 1.28. The van der Waals surface area contributed by atoms with Gasteiger partial charge in [-0.1, -0.05) is 12.1 Å². The number of carboxylic acid groups (broad SMARTS) is 1. The average Bonchev–Trinajstić information content (AvgIpc) is 2.26. The van der Waals surface area contributed by atoms with Gasteiger partial charge in [0, 0.05) is 10.7 Å². The van der Waals surface area contributed by atoms with Crippen molar-refractivity contribution in [2.24, 2.45) is 0 Å². The predicted molar refractivity (Wildman–Crippen MR) is 71.0 cm³/mol. The van der Waals surface area contributed by atoms with E-state index in [2.05, 4.69) is 22.6 Å². The van der Waals surface area contributed by atoms with Crippen molar-refractivity contribution in [3.63, 3.8) is 0 Å². The number of hydrogen-bond donors (Lipinski definition) is 1. The van der Waals surface area contributed by atoms with E-state index in [0.717, 1.165) is 3.57 Å². The van der Waals surface area contributed by atoms with Crippen molar-refractivity contribution in [3.05, 3.63) is 27.8 Å². The molecular formula is C11H14INO3. The maximum Gasteiger partial charge on any atom is 0.411 e. The van der Waals surface area contributed by atoms with Crippen LogP contribution < -0.4 is 4.90 Å². The molecule has 0 saturated carbocycles. The van der Waals surface area contributed by atoms with Crippen LogP contribution in [0, 0.1) is 3.57 Å². The Kier molecular flexibility index (Phi) is 5.01. The molecule has 1 N–H and O–H groups in total. The van der Waals surface area contributed by atoms with Crippen LogP contribution in [-0.4, -0.2) is 31.0 Å². The zero-order valence-corrected chi connectivity index (χ0v) is 11.3. The molecule has 1 aromatic carbocycles. The lowest BCUT2D eigenvalue weighted by Gasteiger charge is -2.23. The number of halogens is 1. The SMILES string of the molecule is CO[C@@H](C)CN(C(=O)O)c1ccccc1I. The molecular weight excluding hydrogens is 321 g/mol. The normalized spacial score (nSPS) is 12.2. The topological polar surface area (TPSA) is 49.8 Å². The van der Waals surface area contributed by atoms with Gasteiger partial charge in [0.15, 0.2) is 0 Å². The van der Waals surface area contributed by atoms with Crippen LogP contribution in [0.15, 0.2) is 24.3 Å². The number of nitrogens with zero attached hydrogens (tertiary/aromatic N) is 1. The Morgan fingerprint density at radius 1 is 1.56 bits per heavy atom. The van der Waals surface area contributed by atoms with Crippen molar-refractivity contribution in [2.75, 3.05) is 18.6 Å². The van der Waals surface area contributed by atoms with Crippen molar-refractivity contribution in [2.45, 2.75) is 13.0 Å². The molecule has 0 aliphatic heterocycles. The number of benzene rings is 1. The average molecular weight is 335 g/mol. The summed E-state index contributed by atoms with van der Waals surface area (Å²) in [4.78, 5) is 12.5. The Morgan fingerprint density at radius 3 is 2.69 bits per heavy atom. The highest BCUT2D eigenvalue weighted by Gasteiger charge is 2.19. The number of amides is 1. The van der Waals surface area contributed by atoms with Crippen LogP contribution in [0.4, 0.5) is 10.5 Å². The maximum atomic E-state index is 11.2. The van der Waals surface area contributed by atoms with Gasteiger partial charge in [-0.05, 0) is 41.6 Å². The van der Waals surface area contributed by atoms with Crippen molar-refractivity contribution >= 4 is 34.4 Å². The first-order valence-electron chi connectivity index (χ1n) is 4.84. The molecule has 1 amide bonds. The minimum atomic E-state index is -0.965. The number of carbonyl (C=O) groups is 1. The summed E-state index contributed by atoms with van der Waals surface area (Å²) >= 11 is 2.12. The van der Waals surface area contributed by atoms with Crippen LogP contribution in [-0.2, 0) is 4.74 Å². The standard InChI is InChI=1S/C11H14INO3/c1-8(16-2)7-13(11(14)15)10-6-4-3-5-9(10)12/h3-6,8H,7H2,1-2H3,(H,14,15)/t8-/m0/s1. The molecule has 16 heavy (non-hydrogen) atoms. The summed E-state index contributed by atoms with van der Waals surface area (Å²) in [6.07, 6.45) is -1.10. The van der Waals surface area contributed by atoms with Crippen LogP contribution in [0.5, 0.6) is 0 Å². The number of rotatable bonds is 4. The van der Waals surface area contributed by atoms with Gasteiger partial charge in [-0.25, -0.2) is 4.79 Å². The lowest BCUT2D eigenvalue weighted by molar-refractivity contribution is 0.121. The van der Waals surface area contributed by atoms with Crippen LogP contribution in [0.1, 0.15) is 6.92 Å². The highest BCUT2D eigenvalue weighted by atomic mass is 127. The van der Waals surface area contributed by atoms with Gasteiger partial charge in [0.1, 0.15) is 0 Å². The summed E-state index contributed by atoms with van der Waals surface area (Å²) in [6.45, 7) is 2.16. The third-order valence-electron chi connectivity index (χ3n) is 2.22. The molecule has 0 spiro atoms. The van der Waals surface area contributed by atoms with Crippen LogP contribution in [0.2, 0.25) is 0 Å². The van der Waals surface area contributed by atoms with E-state index in [0.29, 0.717) is 12.2 Å². The van der Waals surface area contributed by atoms with E-state index in [-0.39, 0.29) is 6.10 Å². The Morgan fingerprint density at radius 2 is 2.19 bits per heavy atom. The molecule has 0 saturated heterocycles. The minimum absolute atomic E-state index is 0.132. The zero-order chi connectivity index (χ0) is 12.1. The summed E-state index contributed by atoms with van der Waals surface area (Å²) < 4.78 is 5.99. The Balaban J connectivity index is 2.94. The van der Waals surface area contributed by atoms with E-state index in [4.69, 9.17) is 9.84 Å². The minimum Gasteiger partial charge on any atom is -0.465 e. The first-order valence-corrected chi connectivity index (χ1v) is 5.92. The molecule has 0 fully saturated rings. The summed E-state index contributed by atoms with van der Waals surface area (Å²) in [5.74, 6) is 0. The largest absolute Gasteiger partial charge is 0.465 e. The smallest absolute Gasteiger partial charge is 0.411 e. The van der Waals surface area contributed by atoms with E-state index >= 15 is 0 Å². The number of ether oxygens (including phenoxy) is 1. The van der Waals surface area contributed by atoms with Gasteiger partial charge in [0.2, 0.25) is 0 Å². The molecule has 0 radical (unpaired) electrons. The Labute approximate surface area is 108 Å².